The summed E-state index contributed by atoms with van der Waals surface area (Å²) in [6.45, 7) is 46.2. The van der Waals surface area contributed by atoms with Gasteiger partial charge in [0.05, 0.1) is 32.0 Å². The molecule has 0 saturated heterocycles. The Morgan fingerprint density at radius 1 is 0.769 bits per heavy atom. The highest BCUT2D eigenvalue weighted by atomic mass is 28.4. The zero-order valence-electron chi connectivity index (χ0n) is 37.7. The molecule has 1 fully saturated rings. The molecule has 308 valence electrons. The minimum atomic E-state index is -2.11. The smallest absolute Gasteiger partial charge is 0.305 e. The average Bonchev–Trinajstić information content (AvgIpc) is 3.28. The average molecular weight is 788 g/mol. The molecule has 0 radical (unpaired) electrons. The van der Waals surface area contributed by atoms with Crippen molar-refractivity contribution in [1.82, 2.24) is 4.90 Å². The van der Waals surface area contributed by atoms with Crippen molar-refractivity contribution < 1.29 is 32.3 Å². The van der Waals surface area contributed by atoms with Crippen molar-refractivity contribution in [3.8, 4) is 0 Å². The van der Waals surface area contributed by atoms with Crippen LogP contribution in [0, 0.1) is 11.8 Å². The van der Waals surface area contributed by atoms with Crippen molar-refractivity contribution in [3.05, 3.63) is 12.2 Å². The molecule has 1 unspecified atom stereocenters. The van der Waals surface area contributed by atoms with Gasteiger partial charge in [0, 0.05) is 19.3 Å². The highest BCUT2D eigenvalue weighted by Crippen LogP contribution is 2.48. The fraction of sp³-hybridized carbons (Fsp3) is 0.902. The van der Waals surface area contributed by atoms with Crippen LogP contribution in [-0.2, 0) is 32.3 Å². The van der Waals surface area contributed by atoms with Crippen LogP contribution in [0.4, 0.5) is 0 Å². The first-order chi connectivity index (χ1) is 23.5. The van der Waals surface area contributed by atoms with E-state index in [0.29, 0.717) is 25.9 Å². The van der Waals surface area contributed by atoms with E-state index < -0.39 is 25.0 Å². The molecule has 1 aliphatic carbocycles. The number of ether oxygens (including phenoxy) is 2. The Labute approximate surface area is 325 Å². The molecule has 0 aromatic carbocycles. The maximum absolute atomic E-state index is 11.9. The minimum Gasteiger partial charge on any atom is -0.469 e. The molecule has 11 heteroatoms. The van der Waals surface area contributed by atoms with Crippen molar-refractivity contribution in [2.24, 2.45) is 11.8 Å². The molecule has 1 saturated carbocycles. The molecule has 1 aliphatic rings. The van der Waals surface area contributed by atoms with Gasteiger partial charge in [0.15, 0.2) is 25.0 Å². The number of rotatable bonds is 18. The maximum atomic E-state index is 11.9. The van der Waals surface area contributed by atoms with Gasteiger partial charge in [0.25, 0.3) is 0 Å². The monoisotopic (exact) mass is 788 g/mol. The lowest BCUT2D eigenvalue weighted by Crippen LogP contribution is -2.45. The summed E-state index contributed by atoms with van der Waals surface area (Å²) in [5.41, 5.74) is 0. The van der Waals surface area contributed by atoms with E-state index in [2.05, 4.69) is 139 Å². The first kappa shape index (κ1) is 51.2. The molecule has 0 amide bonds. The van der Waals surface area contributed by atoms with Crippen LogP contribution in [0.15, 0.2) is 12.2 Å². The van der Waals surface area contributed by atoms with Crippen molar-refractivity contribution in [2.75, 3.05) is 33.4 Å². The predicted octanol–water partition coefficient (Wildman–Crippen LogP) is 11.0. The van der Waals surface area contributed by atoms with E-state index in [1.165, 1.54) is 33.7 Å². The molecule has 0 aromatic rings. The summed E-state index contributed by atoms with van der Waals surface area (Å²) in [5.74, 6) is -0.243. The van der Waals surface area contributed by atoms with Crippen molar-refractivity contribution in [1.29, 1.82) is 0 Å². The van der Waals surface area contributed by atoms with Crippen LogP contribution in [0.1, 0.15) is 122 Å². The fourth-order valence-corrected chi connectivity index (χ4v) is 9.72. The normalized spacial score (nSPS) is 21.2. The number of hydrogen-bond acceptors (Lipinski definition) is 8. The third kappa shape index (κ3) is 16.9. The first-order valence-corrected chi connectivity index (χ1v) is 28.9. The van der Waals surface area contributed by atoms with E-state index >= 15 is 0 Å². The Balaban J connectivity index is 0.00000335. The molecule has 0 aliphatic heterocycles. The van der Waals surface area contributed by atoms with Crippen molar-refractivity contribution >= 4 is 36.9 Å². The molecule has 0 aromatic heterocycles. The van der Waals surface area contributed by atoms with E-state index in [1.54, 1.807) is 0 Å². The molecule has 5 atom stereocenters. The first-order valence-electron chi connectivity index (χ1n) is 20.1. The Kier molecular flexibility index (Phi) is 21.1. The lowest BCUT2D eigenvalue weighted by atomic mass is 9.90. The molecule has 52 heavy (non-hydrogen) atoms. The standard InChI is InChI=1S/C35H70O7Si3.C6H15N/c1-26(36)39-24-23-29-28(22-21-27(19-18-20-32(37)38-11)40-43(12,13)33(2,3)4)30(41-44(14,15)34(5,6)7)25-31(29)42-45(16,17)35(8,9)10;1-4-7(5-2)6-3/h21-22,27-31H,18-20,23-25H2,1-17H3;4-6H2,1-3H3/b22-21+;/t27?,28-,29+,30-,31+;/m0./s1. The van der Waals surface area contributed by atoms with E-state index in [9.17, 15) is 9.59 Å². The largest absolute Gasteiger partial charge is 0.469 e. The lowest BCUT2D eigenvalue weighted by molar-refractivity contribution is -0.142. The van der Waals surface area contributed by atoms with Gasteiger partial charge in [0.1, 0.15) is 0 Å². The third-order valence-electron chi connectivity index (χ3n) is 12.4. The molecular formula is C41H85NO7Si3. The van der Waals surface area contributed by atoms with E-state index in [0.717, 1.165) is 12.8 Å². The molecular weight excluding hydrogens is 703 g/mol. The number of esters is 2. The van der Waals surface area contributed by atoms with Gasteiger partial charge in [-0.3, -0.25) is 9.59 Å². The molecule has 8 nitrogen and oxygen atoms in total. The van der Waals surface area contributed by atoms with Gasteiger partial charge >= 0.3 is 11.9 Å². The van der Waals surface area contributed by atoms with Gasteiger partial charge in [-0.2, -0.15) is 0 Å². The van der Waals surface area contributed by atoms with E-state index in [-0.39, 0.29) is 57.2 Å². The Morgan fingerprint density at radius 2 is 1.23 bits per heavy atom. The third-order valence-corrected chi connectivity index (χ3v) is 25.9. The second kappa shape index (κ2) is 21.5. The van der Waals surface area contributed by atoms with Gasteiger partial charge in [-0.25, -0.2) is 0 Å². The number of hydrogen-bond donors (Lipinski definition) is 0. The second-order valence-corrected chi connectivity index (χ2v) is 33.6. The van der Waals surface area contributed by atoms with Crippen LogP contribution in [0.25, 0.3) is 0 Å². The second-order valence-electron chi connectivity index (χ2n) is 19.3. The van der Waals surface area contributed by atoms with Crippen molar-refractivity contribution in [2.45, 2.75) is 195 Å². The molecule has 0 spiro atoms. The van der Waals surface area contributed by atoms with Crippen LogP contribution < -0.4 is 0 Å². The maximum Gasteiger partial charge on any atom is 0.305 e. The van der Waals surface area contributed by atoms with Crippen LogP contribution in [-0.4, -0.2) is 93.5 Å². The summed E-state index contributed by atoms with van der Waals surface area (Å²) in [7, 11) is -4.87. The number of carbonyl (C=O) groups excluding carboxylic acids is 2. The van der Waals surface area contributed by atoms with Gasteiger partial charge in [0.2, 0.25) is 0 Å². The zero-order chi connectivity index (χ0) is 40.9. The van der Waals surface area contributed by atoms with Gasteiger partial charge in [-0.05, 0) is 106 Å². The minimum absolute atomic E-state index is 0.00459. The van der Waals surface area contributed by atoms with Crippen LogP contribution >= 0.6 is 0 Å². The summed E-state index contributed by atoms with van der Waals surface area (Å²) in [4.78, 5) is 26.1. The Morgan fingerprint density at radius 3 is 1.62 bits per heavy atom. The number of methoxy groups -OCH3 is 1. The van der Waals surface area contributed by atoms with Gasteiger partial charge < -0.3 is 27.7 Å². The topological polar surface area (TPSA) is 83.5 Å². The van der Waals surface area contributed by atoms with Crippen LogP contribution in [0.3, 0.4) is 0 Å². The van der Waals surface area contributed by atoms with Crippen LogP contribution in [0.2, 0.25) is 54.4 Å². The zero-order valence-corrected chi connectivity index (χ0v) is 40.7. The summed E-state index contributed by atoms with van der Waals surface area (Å²) in [5, 5.41) is 0.186. The summed E-state index contributed by atoms with van der Waals surface area (Å²) in [6, 6.07) is 0. The van der Waals surface area contributed by atoms with E-state index in [4.69, 9.17) is 22.8 Å². The fourth-order valence-electron chi connectivity index (χ4n) is 5.66. The lowest BCUT2D eigenvalue weighted by Gasteiger charge is -2.40. The Bertz CT molecular complexity index is 1080. The highest BCUT2D eigenvalue weighted by molar-refractivity contribution is 6.75. The summed E-state index contributed by atoms with van der Waals surface area (Å²) < 4.78 is 31.7. The molecule has 0 heterocycles. The quantitative estimate of drug-likeness (QED) is 0.0771. The molecule has 1 rings (SSSR count). The van der Waals surface area contributed by atoms with Gasteiger partial charge in [-0.1, -0.05) is 95.2 Å². The molecule has 0 bridgehead atoms. The van der Waals surface area contributed by atoms with Gasteiger partial charge in [-0.15, -0.1) is 0 Å². The SMILES string of the molecule is CCN(CC)CC.COC(=O)CCCC(/C=C/[C@H]1[C@@H](CCOC(C)=O)[C@H](O[Si](C)(C)C(C)(C)C)C[C@@H]1O[Si](C)(C)C(C)(C)C)O[Si](C)(C)C(C)(C)C. The van der Waals surface area contributed by atoms with Crippen LogP contribution in [0.5, 0.6) is 0 Å². The number of carbonyl (C=O) groups is 2. The predicted molar refractivity (Wildman–Crippen MR) is 228 cm³/mol. The number of nitrogens with zero attached hydrogens (tertiary/aromatic N) is 1. The molecule has 0 N–H and O–H groups in total. The van der Waals surface area contributed by atoms with Crippen molar-refractivity contribution in [3.63, 3.8) is 0 Å². The summed E-state index contributed by atoms with van der Waals surface area (Å²) in [6.07, 6.45) is 7.75. The van der Waals surface area contributed by atoms with E-state index in [1.807, 2.05) is 0 Å². The highest BCUT2D eigenvalue weighted by Gasteiger charge is 2.51. The summed E-state index contributed by atoms with van der Waals surface area (Å²) >= 11 is 0. The Hall–Kier alpha value is -0.829.